The van der Waals surface area contributed by atoms with Crippen molar-refractivity contribution in [2.45, 2.75) is 19.5 Å². The second kappa shape index (κ2) is 9.20. The lowest BCUT2D eigenvalue weighted by atomic mass is 10.1. The fourth-order valence-electron chi connectivity index (χ4n) is 4.03. The van der Waals surface area contributed by atoms with Crippen LogP contribution in [0.5, 0.6) is 0 Å². The van der Waals surface area contributed by atoms with Crippen molar-refractivity contribution >= 4 is 28.0 Å². The summed E-state index contributed by atoms with van der Waals surface area (Å²) >= 11 is 0. The van der Waals surface area contributed by atoms with Gasteiger partial charge < -0.3 is 20.9 Å². The first-order valence-electron chi connectivity index (χ1n) is 10.7. The lowest BCUT2D eigenvalue weighted by Gasteiger charge is -2.34. The number of halogens is 3. The normalized spacial score (nSPS) is 15.3. The highest BCUT2D eigenvalue weighted by molar-refractivity contribution is 5.94. The van der Waals surface area contributed by atoms with Crippen LogP contribution in [0.15, 0.2) is 42.9 Å². The molecule has 1 aromatic carbocycles. The lowest BCUT2D eigenvalue weighted by Crippen LogP contribution is -2.46. The van der Waals surface area contributed by atoms with Crippen LogP contribution >= 0.6 is 0 Å². The average molecular weight is 445 g/mol. The summed E-state index contributed by atoms with van der Waals surface area (Å²) in [7, 11) is 0. The number of nitrogens with zero attached hydrogens (tertiary/aromatic N) is 4. The van der Waals surface area contributed by atoms with Gasteiger partial charge in [-0.3, -0.25) is 4.98 Å². The molecule has 2 aromatic heterocycles. The van der Waals surface area contributed by atoms with Gasteiger partial charge in [-0.1, -0.05) is 6.92 Å². The highest BCUT2D eigenvalue weighted by Gasteiger charge is 2.31. The summed E-state index contributed by atoms with van der Waals surface area (Å²) in [6.45, 7) is 7.55. The van der Waals surface area contributed by atoms with Gasteiger partial charge in [0.15, 0.2) is 0 Å². The summed E-state index contributed by atoms with van der Waals surface area (Å²) in [5, 5.41) is 5.22. The topological polar surface area (TPSA) is 70.3 Å². The Morgan fingerprint density at radius 1 is 1.03 bits per heavy atom. The molecule has 0 spiro atoms. The van der Waals surface area contributed by atoms with Gasteiger partial charge in [0.2, 0.25) is 0 Å². The number of nitrogen functional groups attached to an aromatic ring is 1. The number of piperazine rings is 1. The summed E-state index contributed by atoms with van der Waals surface area (Å²) in [5.41, 5.74) is 6.43. The number of hydrogen-bond acceptors (Lipinski definition) is 6. The van der Waals surface area contributed by atoms with Crippen LogP contribution in [-0.2, 0) is 12.6 Å². The minimum absolute atomic E-state index is 0.112. The average Bonchev–Trinajstić information content (AvgIpc) is 2.78. The Morgan fingerprint density at radius 2 is 1.81 bits per heavy atom. The maximum Gasteiger partial charge on any atom is 0.416 e. The number of alkyl halides is 3. The molecule has 9 heteroatoms. The Balaban J connectivity index is 1.48. The zero-order chi connectivity index (χ0) is 22.7. The molecular weight excluding hydrogens is 417 g/mol. The predicted molar refractivity (Wildman–Crippen MR) is 122 cm³/mol. The molecule has 1 saturated heterocycles. The van der Waals surface area contributed by atoms with E-state index < -0.39 is 11.7 Å². The van der Waals surface area contributed by atoms with Gasteiger partial charge >= 0.3 is 6.18 Å². The molecule has 1 aliphatic rings. The number of aromatic nitrogens is 2. The lowest BCUT2D eigenvalue weighted by molar-refractivity contribution is -0.137. The third-order valence-corrected chi connectivity index (χ3v) is 5.84. The SMILES string of the molecule is CCN1CCN(c2cc3c(NCCc4cc(N)cc(C(F)(F)F)c4)cncc3cn2)CC1. The molecule has 4 rings (SSSR count). The van der Waals surface area contributed by atoms with Crippen LogP contribution in [0.3, 0.4) is 0 Å². The molecular formula is C23H27F3N6. The molecule has 0 bridgehead atoms. The highest BCUT2D eigenvalue weighted by atomic mass is 19.4. The second-order valence-corrected chi connectivity index (χ2v) is 8.01. The number of benzene rings is 1. The van der Waals surface area contributed by atoms with Crippen molar-refractivity contribution in [3.63, 3.8) is 0 Å². The zero-order valence-electron chi connectivity index (χ0n) is 18.0. The Labute approximate surface area is 185 Å². The Kier molecular flexibility index (Phi) is 6.36. The molecule has 32 heavy (non-hydrogen) atoms. The van der Waals surface area contributed by atoms with Crippen molar-refractivity contribution in [1.29, 1.82) is 0 Å². The van der Waals surface area contributed by atoms with Crippen LogP contribution in [0.2, 0.25) is 0 Å². The van der Waals surface area contributed by atoms with Gasteiger partial charge in [-0.15, -0.1) is 0 Å². The molecule has 1 fully saturated rings. The number of fused-ring (bicyclic) bond motifs is 1. The summed E-state index contributed by atoms with van der Waals surface area (Å²) in [6, 6.07) is 5.75. The molecule has 6 nitrogen and oxygen atoms in total. The molecule has 1 aliphatic heterocycles. The molecule has 0 aliphatic carbocycles. The number of anilines is 3. The molecule has 3 N–H and O–H groups in total. The standard InChI is InChI=1S/C23H27F3N6/c1-2-31-5-7-32(8-6-31)22-12-20-17(14-30-22)13-28-15-21(20)29-4-3-16-9-18(23(24,25)26)11-19(27)10-16/h9-15,29H,2-8,27H2,1H3. The largest absolute Gasteiger partial charge is 0.416 e. The third kappa shape index (κ3) is 5.04. The fourth-order valence-corrected chi connectivity index (χ4v) is 4.03. The van der Waals surface area contributed by atoms with Gasteiger partial charge in [-0.25, -0.2) is 4.98 Å². The number of nitrogens with one attached hydrogen (secondary N) is 1. The summed E-state index contributed by atoms with van der Waals surface area (Å²) in [5.74, 6) is 0.924. The summed E-state index contributed by atoms with van der Waals surface area (Å²) in [6.07, 6.45) is 1.31. The van der Waals surface area contributed by atoms with Crippen LogP contribution in [0.1, 0.15) is 18.1 Å². The smallest absolute Gasteiger partial charge is 0.399 e. The number of pyridine rings is 2. The fraction of sp³-hybridized carbons (Fsp3) is 0.391. The van der Waals surface area contributed by atoms with Gasteiger partial charge in [-0.2, -0.15) is 13.2 Å². The third-order valence-electron chi connectivity index (χ3n) is 5.84. The maximum absolute atomic E-state index is 13.1. The Hall–Kier alpha value is -3.07. The van der Waals surface area contributed by atoms with Crippen molar-refractivity contribution in [1.82, 2.24) is 14.9 Å². The Morgan fingerprint density at radius 3 is 2.53 bits per heavy atom. The van der Waals surface area contributed by atoms with E-state index in [-0.39, 0.29) is 5.69 Å². The minimum atomic E-state index is -4.41. The second-order valence-electron chi connectivity index (χ2n) is 8.01. The maximum atomic E-state index is 13.1. The summed E-state index contributed by atoms with van der Waals surface area (Å²) < 4.78 is 39.2. The van der Waals surface area contributed by atoms with Crippen LogP contribution in [-0.4, -0.2) is 54.1 Å². The van der Waals surface area contributed by atoms with Crippen LogP contribution in [0.4, 0.5) is 30.4 Å². The van der Waals surface area contributed by atoms with E-state index >= 15 is 0 Å². The van der Waals surface area contributed by atoms with E-state index in [9.17, 15) is 13.2 Å². The van der Waals surface area contributed by atoms with Crippen molar-refractivity contribution in [2.24, 2.45) is 0 Å². The minimum Gasteiger partial charge on any atom is -0.399 e. The Bertz CT molecular complexity index is 1080. The van der Waals surface area contributed by atoms with Gasteiger partial charge in [0, 0.05) is 61.6 Å². The molecule has 0 radical (unpaired) electrons. The number of nitrogens with two attached hydrogens (primary N) is 1. The number of likely N-dealkylation sites (N-methyl/N-ethyl adjacent to an activating group) is 1. The monoisotopic (exact) mass is 444 g/mol. The van der Waals surface area contributed by atoms with Gasteiger partial charge in [-0.05, 0) is 42.8 Å². The van der Waals surface area contributed by atoms with Gasteiger partial charge in [0.1, 0.15) is 5.82 Å². The molecule has 170 valence electrons. The molecule has 0 saturated carbocycles. The van der Waals surface area contributed by atoms with Crippen molar-refractivity contribution in [3.8, 4) is 0 Å². The van der Waals surface area contributed by atoms with E-state index in [0.29, 0.717) is 18.5 Å². The first kappa shape index (κ1) is 22.1. The van der Waals surface area contributed by atoms with Crippen molar-refractivity contribution in [2.75, 3.05) is 55.2 Å². The van der Waals surface area contributed by atoms with E-state index in [1.807, 2.05) is 6.20 Å². The first-order valence-corrected chi connectivity index (χ1v) is 10.7. The van der Waals surface area contributed by atoms with Crippen LogP contribution in [0.25, 0.3) is 10.8 Å². The number of hydrogen-bond donors (Lipinski definition) is 2. The van der Waals surface area contributed by atoms with Crippen LogP contribution < -0.4 is 16.0 Å². The van der Waals surface area contributed by atoms with Crippen molar-refractivity contribution in [3.05, 3.63) is 54.0 Å². The van der Waals surface area contributed by atoms with E-state index in [4.69, 9.17) is 5.73 Å². The highest BCUT2D eigenvalue weighted by Crippen LogP contribution is 2.31. The predicted octanol–water partition coefficient (Wildman–Crippen LogP) is 4.03. The molecule has 0 atom stereocenters. The molecule has 0 unspecified atom stereocenters. The van der Waals surface area contributed by atoms with Gasteiger partial charge in [0.05, 0.1) is 17.4 Å². The van der Waals surface area contributed by atoms with Crippen molar-refractivity contribution < 1.29 is 13.2 Å². The molecule has 0 amide bonds. The van der Waals surface area contributed by atoms with E-state index in [1.165, 1.54) is 0 Å². The van der Waals surface area contributed by atoms with Crippen LogP contribution in [0, 0.1) is 0 Å². The quantitative estimate of drug-likeness (QED) is 0.560. The molecule has 3 heterocycles. The van der Waals surface area contributed by atoms with E-state index in [0.717, 1.165) is 67.1 Å². The van der Waals surface area contributed by atoms with Gasteiger partial charge in [0.25, 0.3) is 0 Å². The van der Waals surface area contributed by atoms with E-state index in [1.54, 1.807) is 18.5 Å². The molecule has 3 aromatic rings. The van der Waals surface area contributed by atoms with E-state index in [2.05, 4.69) is 38.1 Å². The first-order chi connectivity index (χ1) is 15.3. The zero-order valence-corrected chi connectivity index (χ0v) is 18.0. The summed E-state index contributed by atoms with van der Waals surface area (Å²) in [4.78, 5) is 13.6. The number of rotatable bonds is 6.